The van der Waals surface area contributed by atoms with E-state index >= 15 is 0 Å². The Balaban J connectivity index is -0.000000644. The smallest absolute Gasteiger partial charge is 0.0683 e. The van der Waals surface area contributed by atoms with E-state index < -0.39 is 28.8 Å². The molecule has 0 N–H and O–H groups in total. The quantitative estimate of drug-likeness (QED) is 0.202. The SMILES string of the molecule is CC.CC(C)(C)[P+](C)(C)CC[P+](C)(C(C)(C)C)C(C)(C)C.[B][P+](C)(CC[P+]([B])(C(C)(C)C)C(C)(C)C)C(C)(C)C. The lowest BCUT2D eigenvalue weighted by Crippen LogP contribution is -2.37. The fourth-order valence-corrected chi connectivity index (χ4v) is 19.4. The van der Waals surface area contributed by atoms with Crippen LogP contribution in [0.2, 0.25) is 0 Å². The summed E-state index contributed by atoms with van der Waals surface area (Å²) in [6, 6.07) is 0. The highest BCUT2D eigenvalue weighted by molar-refractivity contribution is 8.02. The molecule has 1 unspecified atom stereocenters. The van der Waals surface area contributed by atoms with Gasteiger partial charge >= 0.3 is 15.1 Å². The molecular weight excluding hydrogens is 554 g/mol. The molecule has 0 aromatic carbocycles. The lowest BCUT2D eigenvalue weighted by Gasteiger charge is -2.47. The summed E-state index contributed by atoms with van der Waals surface area (Å²) in [5, 5.41) is 2.00. The first-order valence-corrected chi connectivity index (χ1v) is 25.7. The standard InChI is InChI=1S/C17H40P2.C15H34B2P2.C2H6/c1-15(2,3)18(10,11)13-14-19(12,16(4,5)6)17(7,8)9;1-13(2,3)18(10,16)11-12-19(17,14(4,5)6)15(7,8)9;1-2/h13-14H2,1-12H3;11-12H2,1-10H3;1-2H3/q2*+2;. The molecule has 4 radical (unpaired) electrons. The fraction of sp³-hybridized carbons (Fsp3) is 1.00. The van der Waals surface area contributed by atoms with Crippen LogP contribution in [0.1, 0.15) is 138 Å². The minimum atomic E-state index is -1.56. The minimum Gasteiger partial charge on any atom is -0.0683 e. The lowest BCUT2D eigenvalue weighted by molar-refractivity contribution is 0.687. The van der Waals surface area contributed by atoms with Gasteiger partial charge in [-0.2, -0.15) is 0 Å². The Morgan fingerprint density at radius 2 is 0.675 bits per heavy atom. The molecular formula is C34H80B2P4+4. The molecule has 0 nitrogen and oxygen atoms in total. The summed E-state index contributed by atoms with van der Waals surface area (Å²) in [7, 11) is 8.86. The van der Waals surface area contributed by atoms with E-state index in [1.807, 2.05) is 13.8 Å². The lowest BCUT2D eigenvalue weighted by atomic mass is 10.2. The van der Waals surface area contributed by atoms with Gasteiger partial charge in [0.2, 0.25) is 0 Å². The van der Waals surface area contributed by atoms with Crippen molar-refractivity contribution in [3.63, 3.8) is 0 Å². The molecule has 6 heteroatoms. The second-order valence-electron chi connectivity index (χ2n) is 18.9. The third-order valence-corrected chi connectivity index (χ3v) is 33.4. The topological polar surface area (TPSA) is 0 Å². The third-order valence-electron chi connectivity index (χ3n) is 10.7. The minimum absolute atomic E-state index is 0.184. The number of hydrogen-bond donors (Lipinski definition) is 0. The number of hydrogen-bond acceptors (Lipinski definition) is 0. The zero-order valence-electron chi connectivity index (χ0n) is 32.8. The Morgan fingerprint density at radius 1 is 0.375 bits per heavy atom. The highest BCUT2D eigenvalue weighted by Crippen LogP contribution is 2.77. The van der Waals surface area contributed by atoms with Crippen molar-refractivity contribution in [2.24, 2.45) is 0 Å². The van der Waals surface area contributed by atoms with Gasteiger partial charge in [0.15, 0.2) is 0 Å². The monoisotopic (exact) mass is 635 g/mol. The van der Waals surface area contributed by atoms with Crippen molar-refractivity contribution in [3.8, 4) is 0 Å². The van der Waals surface area contributed by atoms with Crippen molar-refractivity contribution in [3.05, 3.63) is 0 Å². The van der Waals surface area contributed by atoms with Gasteiger partial charge in [0.05, 0.1) is 62.2 Å². The Bertz CT molecular complexity index is 637. The maximum Gasteiger partial charge on any atom is 0.366 e. The maximum absolute atomic E-state index is 6.98. The van der Waals surface area contributed by atoms with Crippen molar-refractivity contribution < 1.29 is 0 Å². The van der Waals surface area contributed by atoms with Crippen molar-refractivity contribution in [1.29, 1.82) is 0 Å². The van der Waals surface area contributed by atoms with Crippen molar-refractivity contribution in [2.45, 2.75) is 169 Å². The second-order valence-corrected chi connectivity index (χ2v) is 38.8. The first-order valence-electron chi connectivity index (χ1n) is 15.9. The van der Waals surface area contributed by atoms with E-state index in [0.29, 0.717) is 15.5 Å². The molecule has 0 spiro atoms. The van der Waals surface area contributed by atoms with Crippen LogP contribution in [0.5, 0.6) is 0 Å². The molecule has 0 amide bonds. The molecule has 0 bridgehead atoms. The van der Waals surface area contributed by atoms with E-state index in [9.17, 15) is 0 Å². The van der Waals surface area contributed by atoms with Gasteiger partial charge < -0.3 is 0 Å². The summed E-state index contributed by atoms with van der Waals surface area (Å²) >= 11 is 0. The van der Waals surface area contributed by atoms with Gasteiger partial charge in [0, 0.05) is 34.5 Å². The van der Waals surface area contributed by atoms with Gasteiger partial charge in [0.1, 0.15) is 0 Å². The molecule has 0 heterocycles. The van der Waals surface area contributed by atoms with Crippen molar-refractivity contribution in [1.82, 2.24) is 0 Å². The largest absolute Gasteiger partial charge is 0.366 e. The zero-order valence-corrected chi connectivity index (χ0v) is 36.3. The van der Waals surface area contributed by atoms with Crippen LogP contribution in [-0.2, 0) is 0 Å². The van der Waals surface area contributed by atoms with Gasteiger partial charge in [-0.1, -0.05) is 13.8 Å². The normalized spacial score (nSPS) is 16.3. The predicted octanol–water partition coefficient (Wildman–Crippen LogP) is 12.5. The van der Waals surface area contributed by atoms with Crippen LogP contribution in [0.4, 0.5) is 0 Å². The molecule has 0 aromatic heterocycles. The van der Waals surface area contributed by atoms with Crippen LogP contribution >= 0.6 is 28.8 Å². The maximum atomic E-state index is 6.98. The van der Waals surface area contributed by atoms with E-state index in [-0.39, 0.29) is 15.5 Å². The molecule has 0 aliphatic rings. The Morgan fingerprint density at radius 3 is 0.875 bits per heavy atom. The van der Waals surface area contributed by atoms with Gasteiger partial charge in [-0.25, -0.2) is 0 Å². The molecule has 0 fully saturated rings. The Labute approximate surface area is 263 Å². The summed E-state index contributed by atoms with van der Waals surface area (Å²) in [6.45, 7) is 56.7. The molecule has 1 atom stereocenters. The third kappa shape index (κ3) is 12.3. The Kier molecular flexibility index (Phi) is 17.3. The predicted molar refractivity (Wildman–Crippen MR) is 212 cm³/mol. The van der Waals surface area contributed by atoms with Crippen LogP contribution in [0.15, 0.2) is 0 Å². The average Bonchev–Trinajstić information content (AvgIpc) is 2.67. The highest BCUT2D eigenvalue weighted by atomic mass is 31.2. The van der Waals surface area contributed by atoms with Gasteiger partial charge in [-0.15, -0.1) is 0 Å². The molecule has 0 rings (SSSR count). The van der Waals surface area contributed by atoms with E-state index in [0.717, 1.165) is 12.3 Å². The molecule has 40 heavy (non-hydrogen) atoms. The zero-order chi connectivity index (χ0) is 33.8. The van der Waals surface area contributed by atoms with Crippen LogP contribution < -0.4 is 0 Å². The molecule has 0 aliphatic heterocycles. The molecule has 0 saturated heterocycles. The van der Waals surface area contributed by atoms with Gasteiger partial charge in [0.25, 0.3) is 0 Å². The fourth-order valence-electron chi connectivity index (χ4n) is 4.84. The van der Waals surface area contributed by atoms with E-state index in [2.05, 4.69) is 151 Å². The van der Waals surface area contributed by atoms with Crippen molar-refractivity contribution >= 4 is 43.9 Å². The summed E-state index contributed by atoms with van der Waals surface area (Å²) in [5.41, 5.74) is 0. The summed E-state index contributed by atoms with van der Waals surface area (Å²) < 4.78 is 0. The number of rotatable bonds is 6. The average molecular weight is 635 g/mol. The highest BCUT2D eigenvalue weighted by Gasteiger charge is 2.56. The first-order chi connectivity index (χ1) is 16.9. The van der Waals surface area contributed by atoms with E-state index in [1.165, 1.54) is 12.3 Å². The molecule has 0 saturated carbocycles. The Hall–Kier alpha value is 1.85. The van der Waals surface area contributed by atoms with Crippen LogP contribution in [0, 0.1) is 0 Å². The van der Waals surface area contributed by atoms with Crippen LogP contribution in [0.3, 0.4) is 0 Å². The summed E-state index contributed by atoms with van der Waals surface area (Å²) in [5.74, 6) is 0. The molecule has 0 aromatic rings. The van der Waals surface area contributed by atoms with Crippen LogP contribution in [-0.4, -0.2) is 97.4 Å². The van der Waals surface area contributed by atoms with Crippen molar-refractivity contribution in [2.75, 3.05) is 51.3 Å². The van der Waals surface area contributed by atoms with Gasteiger partial charge in [-0.3, -0.25) is 0 Å². The molecule has 238 valence electrons. The van der Waals surface area contributed by atoms with E-state index in [1.54, 1.807) is 0 Å². The van der Waals surface area contributed by atoms with Gasteiger partial charge in [-0.05, 0) is 139 Å². The summed E-state index contributed by atoms with van der Waals surface area (Å²) in [6.07, 6.45) is 5.13. The molecule has 0 aliphatic carbocycles. The van der Waals surface area contributed by atoms with E-state index in [4.69, 9.17) is 15.1 Å². The summed E-state index contributed by atoms with van der Waals surface area (Å²) in [4.78, 5) is 0. The van der Waals surface area contributed by atoms with Crippen LogP contribution in [0.25, 0.3) is 0 Å². The first kappa shape index (κ1) is 46.3. The second kappa shape index (κ2) is 15.0.